The topological polar surface area (TPSA) is 88.2 Å². The van der Waals surface area contributed by atoms with E-state index >= 15 is 0 Å². The maximum absolute atomic E-state index is 13.5. The zero-order valence-electron chi connectivity index (χ0n) is 23.2. The van der Waals surface area contributed by atoms with Gasteiger partial charge in [-0.25, -0.2) is 4.68 Å². The molecule has 7 heteroatoms. The number of nitrogens with zero attached hydrogens (tertiary/aromatic N) is 4. The summed E-state index contributed by atoms with van der Waals surface area (Å²) in [6.45, 7) is 10.8. The molecule has 1 aromatic heterocycles. The summed E-state index contributed by atoms with van der Waals surface area (Å²) in [7, 11) is 0. The molecule has 2 heterocycles. The van der Waals surface area contributed by atoms with Crippen molar-refractivity contribution >= 4 is 17.9 Å². The number of amides is 2. The first-order chi connectivity index (χ1) is 18.7. The van der Waals surface area contributed by atoms with E-state index in [1.54, 1.807) is 17.7 Å². The Morgan fingerprint density at radius 2 is 1.82 bits per heavy atom. The van der Waals surface area contributed by atoms with Crippen LogP contribution in [0.3, 0.4) is 0 Å². The van der Waals surface area contributed by atoms with Crippen LogP contribution >= 0.6 is 0 Å². The van der Waals surface area contributed by atoms with E-state index < -0.39 is 11.8 Å². The third-order valence-corrected chi connectivity index (χ3v) is 6.64. The number of carbonyl (C=O) groups excluding carboxylic acids is 2. The quantitative estimate of drug-likeness (QED) is 0.244. The second-order valence-electron chi connectivity index (χ2n) is 10.2. The van der Waals surface area contributed by atoms with Crippen LogP contribution in [0, 0.1) is 24.2 Å². The van der Waals surface area contributed by atoms with Gasteiger partial charge in [0.05, 0.1) is 18.0 Å². The molecule has 200 valence electrons. The maximum Gasteiger partial charge on any atom is 0.271 e. The van der Waals surface area contributed by atoms with Crippen LogP contribution in [-0.2, 0) is 9.59 Å². The molecule has 39 heavy (non-hydrogen) atoms. The standard InChI is InChI=1S/C32H34N4O3/c1-6-7-15-35-31(37)27(23(5)28(18-33)32(35)38)17-25-19-36(26-11-9-8-10-12-26)34-30(25)24-13-14-29(22(4)16-24)39-20-21(2)3/h8-14,16-17,19,21H,6-7,15,20H2,1-5H3/b27-17+. The smallest absolute Gasteiger partial charge is 0.271 e. The van der Waals surface area contributed by atoms with Gasteiger partial charge in [0.1, 0.15) is 17.4 Å². The van der Waals surface area contributed by atoms with Crippen molar-refractivity contribution in [2.45, 2.75) is 47.5 Å². The molecule has 1 aliphatic heterocycles. The molecule has 0 bridgehead atoms. The Morgan fingerprint density at radius 3 is 2.46 bits per heavy atom. The van der Waals surface area contributed by atoms with Crippen LogP contribution in [0.25, 0.3) is 23.0 Å². The first-order valence-electron chi connectivity index (χ1n) is 13.3. The van der Waals surface area contributed by atoms with Crippen LogP contribution < -0.4 is 4.74 Å². The first kappa shape index (κ1) is 27.6. The van der Waals surface area contributed by atoms with Crippen LogP contribution in [0.5, 0.6) is 5.75 Å². The number of benzene rings is 2. The van der Waals surface area contributed by atoms with Crippen LogP contribution in [0.1, 0.15) is 51.7 Å². The number of aryl methyl sites for hydroxylation is 1. The van der Waals surface area contributed by atoms with E-state index in [2.05, 4.69) is 13.8 Å². The van der Waals surface area contributed by atoms with Crippen molar-refractivity contribution in [2.24, 2.45) is 5.92 Å². The average Bonchev–Trinajstić information content (AvgIpc) is 3.35. The number of imide groups is 1. The normalized spacial score (nSPS) is 14.9. The summed E-state index contributed by atoms with van der Waals surface area (Å²) in [5, 5.41) is 14.6. The van der Waals surface area contributed by atoms with Crippen molar-refractivity contribution in [3.63, 3.8) is 0 Å². The van der Waals surface area contributed by atoms with Gasteiger partial charge in [0, 0.05) is 29.4 Å². The monoisotopic (exact) mass is 522 g/mol. The van der Waals surface area contributed by atoms with Gasteiger partial charge < -0.3 is 4.74 Å². The Kier molecular flexibility index (Phi) is 8.46. The second kappa shape index (κ2) is 12.0. The number of carbonyl (C=O) groups is 2. The highest BCUT2D eigenvalue weighted by molar-refractivity contribution is 6.19. The van der Waals surface area contributed by atoms with Gasteiger partial charge in [0.15, 0.2) is 0 Å². The van der Waals surface area contributed by atoms with Crippen LogP contribution in [0.2, 0.25) is 0 Å². The van der Waals surface area contributed by atoms with Crippen molar-refractivity contribution in [2.75, 3.05) is 13.2 Å². The highest BCUT2D eigenvalue weighted by atomic mass is 16.5. The third kappa shape index (κ3) is 5.85. The Hall–Kier alpha value is -4.44. The predicted molar refractivity (Wildman–Crippen MR) is 152 cm³/mol. The number of unbranched alkanes of at least 4 members (excludes halogenated alkanes) is 1. The number of nitriles is 1. The molecule has 4 rings (SSSR count). The van der Waals surface area contributed by atoms with E-state index in [4.69, 9.17) is 9.84 Å². The van der Waals surface area contributed by atoms with E-state index in [-0.39, 0.29) is 12.1 Å². The molecule has 0 spiro atoms. The molecule has 1 aliphatic rings. The lowest BCUT2D eigenvalue weighted by Crippen LogP contribution is -2.43. The molecule has 0 radical (unpaired) electrons. The molecule has 3 aromatic rings. The maximum atomic E-state index is 13.5. The molecule has 0 aliphatic carbocycles. The molecule has 0 atom stereocenters. The van der Waals surface area contributed by atoms with Crippen molar-refractivity contribution in [1.82, 2.24) is 14.7 Å². The summed E-state index contributed by atoms with van der Waals surface area (Å²) in [5.41, 5.74) is 4.81. The molecule has 2 aromatic carbocycles. The molecule has 0 unspecified atom stereocenters. The minimum atomic E-state index is -0.529. The summed E-state index contributed by atoms with van der Waals surface area (Å²) in [6, 6.07) is 17.7. The third-order valence-electron chi connectivity index (χ3n) is 6.64. The zero-order chi connectivity index (χ0) is 28.1. The molecular weight excluding hydrogens is 488 g/mol. The minimum absolute atomic E-state index is 0.00328. The summed E-state index contributed by atoms with van der Waals surface area (Å²) in [6.07, 6.45) is 5.12. The number of hydrogen-bond donors (Lipinski definition) is 0. The first-order valence-corrected chi connectivity index (χ1v) is 13.3. The van der Waals surface area contributed by atoms with Gasteiger partial charge in [0.2, 0.25) is 0 Å². The number of hydrogen-bond acceptors (Lipinski definition) is 5. The van der Waals surface area contributed by atoms with E-state index in [0.29, 0.717) is 41.3 Å². The van der Waals surface area contributed by atoms with E-state index in [0.717, 1.165) is 29.0 Å². The van der Waals surface area contributed by atoms with Gasteiger partial charge in [-0.05, 0) is 73.7 Å². The van der Waals surface area contributed by atoms with E-state index in [9.17, 15) is 14.9 Å². The fraction of sp³-hybridized carbons (Fsp3) is 0.312. The van der Waals surface area contributed by atoms with Gasteiger partial charge >= 0.3 is 0 Å². The molecule has 2 amide bonds. The number of ether oxygens (including phenoxy) is 1. The van der Waals surface area contributed by atoms with Crippen molar-refractivity contribution in [1.29, 1.82) is 5.26 Å². The van der Waals surface area contributed by atoms with Crippen LogP contribution in [0.4, 0.5) is 0 Å². The van der Waals surface area contributed by atoms with E-state index in [1.807, 2.05) is 74.6 Å². The minimum Gasteiger partial charge on any atom is -0.493 e. The van der Waals surface area contributed by atoms with Gasteiger partial charge in [-0.3, -0.25) is 14.5 Å². The zero-order valence-corrected chi connectivity index (χ0v) is 23.2. The predicted octanol–water partition coefficient (Wildman–Crippen LogP) is 6.27. The Morgan fingerprint density at radius 1 is 1.08 bits per heavy atom. The fourth-order valence-electron chi connectivity index (χ4n) is 4.45. The number of para-hydroxylation sites is 1. The second-order valence-corrected chi connectivity index (χ2v) is 10.2. The Bertz CT molecular complexity index is 1490. The van der Waals surface area contributed by atoms with Gasteiger partial charge in [-0.2, -0.15) is 10.4 Å². The van der Waals surface area contributed by atoms with Gasteiger partial charge in [0.25, 0.3) is 11.8 Å². The lowest BCUT2D eigenvalue weighted by atomic mass is 9.93. The molecule has 0 N–H and O–H groups in total. The average molecular weight is 523 g/mol. The van der Waals surface area contributed by atoms with E-state index in [1.165, 1.54) is 4.90 Å². The molecule has 0 saturated heterocycles. The number of rotatable bonds is 9. The fourth-order valence-corrected chi connectivity index (χ4v) is 4.45. The Labute approximate surface area is 230 Å². The summed E-state index contributed by atoms with van der Waals surface area (Å²) < 4.78 is 7.74. The SMILES string of the molecule is CCCCN1C(=O)C(C#N)=C(C)/C(=C\c2cn(-c3ccccc3)nc2-c2ccc(OCC(C)C)c(C)c2)C1=O. The molecule has 0 fully saturated rings. The Balaban J connectivity index is 1.86. The van der Waals surface area contributed by atoms with Crippen molar-refractivity contribution in [3.8, 4) is 28.8 Å². The van der Waals surface area contributed by atoms with Crippen LogP contribution in [0.15, 0.2) is 71.4 Å². The van der Waals surface area contributed by atoms with Crippen LogP contribution in [-0.4, -0.2) is 39.6 Å². The molecule has 7 nitrogen and oxygen atoms in total. The van der Waals surface area contributed by atoms with Gasteiger partial charge in [-0.1, -0.05) is 45.4 Å². The number of aromatic nitrogens is 2. The lowest BCUT2D eigenvalue weighted by Gasteiger charge is -2.27. The summed E-state index contributed by atoms with van der Waals surface area (Å²) in [5.74, 6) is 0.311. The molecule has 0 saturated carbocycles. The van der Waals surface area contributed by atoms with Gasteiger partial charge in [-0.15, -0.1) is 0 Å². The van der Waals surface area contributed by atoms with Crippen molar-refractivity contribution in [3.05, 3.63) is 82.6 Å². The lowest BCUT2D eigenvalue weighted by molar-refractivity contribution is -0.140. The highest BCUT2D eigenvalue weighted by Gasteiger charge is 2.35. The summed E-state index contributed by atoms with van der Waals surface area (Å²) in [4.78, 5) is 27.6. The summed E-state index contributed by atoms with van der Waals surface area (Å²) >= 11 is 0. The highest BCUT2D eigenvalue weighted by Crippen LogP contribution is 2.33. The van der Waals surface area contributed by atoms with Crippen molar-refractivity contribution < 1.29 is 14.3 Å². The largest absolute Gasteiger partial charge is 0.493 e. The molecular formula is C32H34N4O3.